The first-order valence-electron chi connectivity index (χ1n) is 15.7. The average Bonchev–Trinajstić information content (AvgIpc) is 2.98. The molecule has 1 aliphatic rings. The third kappa shape index (κ3) is 14.9. The van der Waals surface area contributed by atoms with E-state index < -0.39 is 74.2 Å². The van der Waals surface area contributed by atoms with E-state index in [4.69, 9.17) is 9.47 Å². The highest BCUT2D eigenvalue weighted by Crippen LogP contribution is 2.22. The number of hydrogen-bond donors (Lipinski definition) is 8. The maximum Gasteiger partial charge on any atom is 0.249 e. The van der Waals surface area contributed by atoms with Crippen LogP contribution >= 0.6 is 0 Å². The van der Waals surface area contributed by atoms with Crippen LogP contribution in [0.5, 0.6) is 0 Å². The van der Waals surface area contributed by atoms with Crippen molar-refractivity contribution in [2.24, 2.45) is 0 Å². The molecule has 0 aromatic heterocycles. The smallest absolute Gasteiger partial charge is 0.249 e. The van der Waals surface area contributed by atoms with E-state index >= 15 is 0 Å². The minimum absolute atomic E-state index is 0.167. The molecule has 1 aliphatic heterocycles. The van der Waals surface area contributed by atoms with Gasteiger partial charge < -0.3 is 50.5 Å². The van der Waals surface area contributed by atoms with E-state index in [0.29, 0.717) is 12.8 Å². The summed E-state index contributed by atoms with van der Waals surface area (Å²) in [5.41, 5.74) is 0. The van der Waals surface area contributed by atoms with Gasteiger partial charge in [0.05, 0.1) is 25.4 Å². The van der Waals surface area contributed by atoms with Crippen LogP contribution in [0.15, 0.2) is 24.3 Å². The molecule has 8 N–H and O–H groups in total. The topological polar surface area (TPSA) is 189 Å². The molecule has 0 aromatic rings. The number of aliphatic hydroxyl groups is 7. The predicted molar refractivity (Wildman–Crippen MR) is 159 cm³/mol. The molecular formula is C31H57NO10. The van der Waals surface area contributed by atoms with Crippen LogP contribution in [0.1, 0.15) is 97.3 Å². The maximum absolute atomic E-state index is 12.8. The molecule has 9 unspecified atom stereocenters. The fourth-order valence-corrected chi connectivity index (χ4v) is 4.66. The number of carbonyl (C=O) groups excluding carboxylic acids is 1. The largest absolute Gasteiger partial charge is 0.394 e. The molecule has 1 amide bonds. The molecule has 1 saturated heterocycles. The summed E-state index contributed by atoms with van der Waals surface area (Å²) >= 11 is 0. The molecule has 11 heteroatoms. The van der Waals surface area contributed by atoms with Gasteiger partial charge in [0.15, 0.2) is 6.29 Å². The number of allylic oxidation sites excluding steroid dienone is 4. The summed E-state index contributed by atoms with van der Waals surface area (Å²) in [6.07, 6.45) is 7.48. The Morgan fingerprint density at radius 2 is 1.43 bits per heavy atom. The van der Waals surface area contributed by atoms with Gasteiger partial charge in [-0.15, -0.1) is 0 Å². The summed E-state index contributed by atoms with van der Waals surface area (Å²) in [5, 5.41) is 74.3. The fourth-order valence-electron chi connectivity index (χ4n) is 4.66. The van der Waals surface area contributed by atoms with Gasteiger partial charge >= 0.3 is 0 Å². The fraction of sp³-hybridized carbons (Fsp3) is 0.839. The minimum atomic E-state index is -1.67. The van der Waals surface area contributed by atoms with E-state index in [1.807, 2.05) is 18.2 Å². The van der Waals surface area contributed by atoms with Crippen molar-refractivity contribution in [2.75, 3.05) is 13.2 Å². The Labute approximate surface area is 251 Å². The molecule has 246 valence electrons. The van der Waals surface area contributed by atoms with Crippen LogP contribution in [0.4, 0.5) is 0 Å². The molecule has 11 nitrogen and oxygen atoms in total. The van der Waals surface area contributed by atoms with Crippen LogP contribution in [0.2, 0.25) is 0 Å². The van der Waals surface area contributed by atoms with E-state index in [1.54, 1.807) is 0 Å². The third-order valence-corrected chi connectivity index (χ3v) is 7.48. The standard InChI is InChI=1S/C31H57NO10/c1-3-5-7-9-11-13-15-17-19-24(35)30(40)32-22(26(36)23(34)18-16-14-12-10-8-6-4-2)21-41-31-29(39)28(38)27(37)25(20-33)42-31/h10,12-13,15,22-29,31,33-39H,3-9,11,14,16-21H2,1-2H3,(H,32,40)/b12-10+,15-13-. The summed E-state index contributed by atoms with van der Waals surface area (Å²) in [6.45, 7) is 3.18. The first-order chi connectivity index (χ1) is 20.2. The van der Waals surface area contributed by atoms with Crippen molar-refractivity contribution in [3.05, 3.63) is 24.3 Å². The van der Waals surface area contributed by atoms with Gasteiger partial charge in [-0.05, 0) is 51.4 Å². The maximum atomic E-state index is 12.8. The van der Waals surface area contributed by atoms with E-state index in [0.717, 1.165) is 38.5 Å². The van der Waals surface area contributed by atoms with E-state index in [1.165, 1.54) is 19.3 Å². The van der Waals surface area contributed by atoms with Crippen LogP contribution in [-0.4, -0.2) is 110 Å². The zero-order valence-electron chi connectivity index (χ0n) is 25.5. The van der Waals surface area contributed by atoms with Crippen molar-refractivity contribution in [1.29, 1.82) is 0 Å². The van der Waals surface area contributed by atoms with Gasteiger partial charge in [0.1, 0.15) is 36.6 Å². The number of amides is 1. The van der Waals surface area contributed by atoms with Crippen LogP contribution in [-0.2, 0) is 14.3 Å². The molecule has 0 spiro atoms. The van der Waals surface area contributed by atoms with E-state index in [9.17, 15) is 40.5 Å². The molecule has 1 rings (SSSR count). The molecule has 0 saturated carbocycles. The summed E-state index contributed by atoms with van der Waals surface area (Å²) < 4.78 is 10.9. The lowest BCUT2D eigenvalue weighted by atomic mass is 9.99. The number of rotatable bonds is 23. The van der Waals surface area contributed by atoms with Crippen molar-refractivity contribution in [1.82, 2.24) is 5.32 Å². The second-order valence-corrected chi connectivity index (χ2v) is 11.2. The van der Waals surface area contributed by atoms with Crippen LogP contribution in [0, 0.1) is 0 Å². The van der Waals surface area contributed by atoms with Gasteiger partial charge in [0, 0.05) is 0 Å². The first-order valence-corrected chi connectivity index (χ1v) is 15.7. The summed E-state index contributed by atoms with van der Waals surface area (Å²) in [5.74, 6) is -0.751. The molecular weight excluding hydrogens is 546 g/mol. The molecule has 1 fully saturated rings. The Kier molecular flexibility index (Phi) is 21.2. The summed E-state index contributed by atoms with van der Waals surface area (Å²) in [4.78, 5) is 12.8. The van der Waals surface area contributed by atoms with Crippen LogP contribution in [0.25, 0.3) is 0 Å². The Hall–Kier alpha value is -1.41. The first kappa shape index (κ1) is 38.6. The second kappa shape index (κ2) is 23.0. The highest BCUT2D eigenvalue weighted by Gasteiger charge is 2.44. The van der Waals surface area contributed by atoms with Crippen molar-refractivity contribution < 1.29 is 50.0 Å². The summed E-state index contributed by atoms with van der Waals surface area (Å²) in [6, 6.07) is -1.19. The Bertz CT molecular complexity index is 749. The van der Waals surface area contributed by atoms with E-state index in [2.05, 4.69) is 25.2 Å². The molecule has 0 radical (unpaired) electrons. The van der Waals surface area contributed by atoms with Gasteiger partial charge in [-0.2, -0.15) is 0 Å². The van der Waals surface area contributed by atoms with Crippen molar-refractivity contribution >= 4 is 5.91 Å². The summed E-state index contributed by atoms with van der Waals surface area (Å²) in [7, 11) is 0. The van der Waals surface area contributed by atoms with E-state index in [-0.39, 0.29) is 12.8 Å². The highest BCUT2D eigenvalue weighted by atomic mass is 16.7. The Morgan fingerprint density at radius 1 is 0.810 bits per heavy atom. The van der Waals surface area contributed by atoms with Gasteiger partial charge in [-0.3, -0.25) is 4.79 Å². The van der Waals surface area contributed by atoms with Gasteiger partial charge in [-0.25, -0.2) is 0 Å². The number of aliphatic hydroxyl groups excluding tert-OH is 7. The zero-order valence-corrected chi connectivity index (χ0v) is 25.5. The second-order valence-electron chi connectivity index (χ2n) is 11.2. The lowest BCUT2D eigenvalue weighted by molar-refractivity contribution is -0.303. The van der Waals surface area contributed by atoms with Crippen molar-refractivity contribution in [2.45, 2.75) is 152 Å². The number of ether oxygens (including phenoxy) is 2. The molecule has 1 heterocycles. The van der Waals surface area contributed by atoms with Crippen molar-refractivity contribution in [3.8, 4) is 0 Å². The lowest BCUT2D eigenvalue weighted by Crippen LogP contribution is -2.60. The van der Waals surface area contributed by atoms with Crippen LogP contribution in [0.3, 0.4) is 0 Å². The number of nitrogens with one attached hydrogen (secondary N) is 1. The molecule has 0 aliphatic carbocycles. The van der Waals surface area contributed by atoms with Gasteiger partial charge in [0.25, 0.3) is 0 Å². The number of unbranched alkanes of at least 4 members (excludes halogenated alkanes) is 7. The van der Waals surface area contributed by atoms with Gasteiger partial charge in [0.2, 0.25) is 5.91 Å². The molecule has 0 bridgehead atoms. The SMILES string of the molecule is CCCC/C=C/CCCC(O)C(O)C(COC1OC(CO)C(O)C(O)C1O)NC(=O)C(O)CC/C=C\CCCCCC. The Morgan fingerprint density at radius 3 is 2.07 bits per heavy atom. The average molecular weight is 604 g/mol. The highest BCUT2D eigenvalue weighted by molar-refractivity contribution is 5.80. The third-order valence-electron chi connectivity index (χ3n) is 7.48. The van der Waals surface area contributed by atoms with Crippen LogP contribution < -0.4 is 5.32 Å². The molecule has 0 aromatic carbocycles. The molecule has 9 atom stereocenters. The number of hydrogen-bond acceptors (Lipinski definition) is 10. The lowest BCUT2D eigenvalue weighted by Gasteiger charge is -2.40. The van der Waals surface area contributed by atoms with Crippen molar-refractivity contribution in [3.63, 3.8) is 0 Å². The minimum Gasteiger partial charge on any atom is -0.394 e. The quantitative estimate of drug-likeness (QED) is 0.0629. The monoisotopic (exact) mass is 603 g/mol. The normalized spacial score (nSPS) is 26.0. The number of carbonyl (C=O) groups is 1. The Balaban J connectivity index is 2.75. The zero-order chi connectivity index (χ0) is 31.3. The van der Waals surface area contributed by atoms with Gasteiger partial charge in [-0.1, -0.05) is 70.3 Å². The predicted octanol–water partition coefficient (Wildman–Crippen LogP) is 1.59. The molecule has 42 heavy (non-hydrogen) atoms.